The first-order valence-corrected chi connectivity index (χ1v) is 10.7. The minimum absolute atomic E-state index is 0.100. The number of fused-ring (bicyclic) bond motifs is 1. The zero-order chi connectivity index (χ0) is 21.1. The highest BCUT2D eigenvalue weighted by Crippen LogP contribution is 2.36. The first-order valence-electron chi connectivity index (χ1n) is 10.4. The Morgan fingerprint density at radius 3 is 2.57 bits per heavy atom. The fourth-order valence-corrected chi connectivity index (χ4v) is 4.43. The second-order valence-electron chi connectivity index (χ2n) is 8.00. The summed E-state index contributed by atoms with van der Waals surface area (Å²) in [5, 5.41) is 7.66. The molecule has 0 saturated heterocycles. The van der Waals surface area contributed by atoms with E-state index in [-0.39, 0.29) is 23.9 Å². The van der Waals surface area contributed by atoms with Crippen LogP contribution in [0.3, 0.4) is 0 Å². The normalized spacial score (nSPS) is 20.0. The lowest BCUT2D eigenvalue weighted by molar-refractivity contribution is 0.228. The van der Waals surface area contributed by atoms with Crippen molar-refractivity contribution in [2.45, 2.75) is 50.6 Å². The number of urea groups is 1. The summed E-state index contributed by atoms with van der Waals surface area (Å²) in [5.41, 5.74) is 2.98. The Hall–Kier alpha value is -2.66. The molecule has 1 fully saturated rings. The molecule has 0 spiro atoms. The Balaban J connectivity index is 1.33. The van der Waals surface area contributed by atoms with E-state index in [4.69, 9.17) is 11.6 Å². The fraction of sp³-hybridized carbons (Fsp3) is 0.333. The van der Waals surface area contributed by atoms with Crippen molar-refractivity contribution in [2.75, 3.05) is 0 Å². The van der Waals surface area contributed by atoms with Gasteiger partial charge in [0.1, 0.15) is 5.82 Å². The highest BCUT2D eigenvalue weighted by atomic mass is 35.5. The van der Waals surface area contributed by atoms with Crippen molar-refractivity contribution < 1.29 is 9.18 Å². The lowest BCUT2D eigenvalue weighted by Crippen LogP contribution is -2.44. The van der Waals surface area contributed by atoms with Gasteiger partial charge in [-0.25, -0.2) is 9.18 Å². The van der Waals surface area contributed by atoms with E-state index in [9.17, 15) is 9.18 Å². The van der Waals surface area contributed by atoms with Crippen LogP contribution in [0.1, 0.15) is 55.7 Å². The molecule has 4 nitrogen and oxygen atoms in total. The number of nitrogens with one attached hydrogen (secondary N) is 2. The van der Waals surface area contributed by atoms with Crippen LogP contribution in [0.25, 0.3) is 10.9 Å². The lowest BCUT2D eigenvalue weighted by Gasteiger charge is -2.30. The molecule has 0 radical (unpaired) electrons. The summed E-state index contributed by atoms with van der Waals surface area (Å²) < 4.78 is 13.7. The van der Waals surface area contributed by atoms with Gasteiger partial charge in [0.25, 0.3) is 0 Å². The number of halogens is 2. The van der Waals surface area contributed by atoms with Crippen LogP contribution in [-0.2, 0) is 0 Å². The Morgan fingerprint density at radius 2 is 1.83 bits per heavy atom. The van der Waals surface area contributed by atoms with E-state index in [1.165, 1.54) is 6.07 Å². The van der Waals surface area contributed by atoms with Gasteiger partial charge in [-0.3, -0.25) is 4.98 Å². The Bertz CT molecular complexity index is 1030. The van der Waals surface area contributed by atoms with Gasteiger partial charge >= 0.3 is 6.03 Å². The predicted molar refractivity (Wildman–Crippen MR) is 118 cm³/mol. The van der Waals surface area contributed by atoms with Gasteiger partial charge in [-0.1, -0.05) is 23.7 Å². The molecule has 0 bridgehead atoms. The van der Waals surface area contributed by atoms with Gasteiger partial charge < -0.3 is 10.6 Å². The molecule has 1 atom stereocenters. The second kappa shape index (κ2) is 9.00. The molecule has 1 aromatic heterocycles. The first kappa shape index (κ1) is 20.6. The summed E-state index contributed by atoms with van der Waals surface area (Å²) in [7, 11) is 0. The summed E-state index contributed by atoms with van der Waals surface area (Å²) in [6.07, 6.45) is 5.49. The van der Waals surface area contributed by atoms with E-state index >= 15 is 0 Å². The number of hydrogen-bond acceptors (Lipinski definition) is 2. The molecule has 2 N–H and O–H groups in total. The number of benzene rings is 2. The summed E-state index contributed by atoms with van der Waals surface area (Å²) in [6.45, 7) is 1.95. The summed E-state index contributed by atoms with van der Waals surface area (Å²) in [4.78, 5) is 16.8. The van der Waals surface area contributed by atoms with Gasteiger partial charge in [-0.15, -0.1) is 0 Å². The Labute approximate surface area is 180 Å². The third-order valence-corrected chi connectivity index (χ3v) is 6.21. The molecule has 2 amide bonds. The van der Waals surface area contributed by atoms with Gasteiger partial charge in [0.05, 0.1) is 11.6 Å². The van der Waals surface area contributed by atoms with Gasteiger partial charge in [0.2, 0.25) is 0 Å². The van der Waals surface area contributed by atoms with Crippen LogP contribution in [0.5, 0.6) is 0 Å². The van der Waals surface area contributed by atoms with Crippen LogP contribution in [-0.4, -0.2) is 17.1 Å². The molecule has 30 heavy (non-hydrogen) atoms. The van der Waals surface area contributed by atoms with Crippen LogP contribution in [0.4, 0.5) is 9.18 Å². The molecule has 4 rings (SSSR count). The number of nitrogens with zero attached hydrogens (tertiary/aromatic N) is 1. The zero-order valence-electron chi connectivity index (χ0n) is 16.9. The minimum Gasteiger partial charge on any atom is -0.335 e. The van der Waals surface area contributed by atoms with Crippen LogP contribution in [0.15, 0.2) is 54.7 Å². The number of carbonyl (C=O) groups excluding carboxylic acids is 1. The molecular weight excluding hydrogens is 401 g/mol. The van der Waals surface area contributed by atoms with Crippen LogP contribution < -0.4 is 10.6 Å². The second-order valence-corrected chi connectivity index (χ2v) is 8.44. The quantitative estimate of drug-likeness (QED) is 0.529. The smallest absolute Gasteiger partial charge is 0.315 e. The highest BCUT2D eigenvalue weighted by Gasteiger charge is 2.25. The molecule has 0 unspecified atom stereocenters. The van der Waals surface area contributed by atoms with Crippen LogP contribution in [0, 0.1) is 5.82 Å². The molecular formula is C24H25ClFN3O. The molecule has 1 saturated carbocycles. The number of carbonyl (C=O) groups is 1. The maximum absolute atomic E-state index is 13.7. The van der Waals surface area contributed by atoms with E-state index in [0.717, 1.165) is 47.7 Å². The Kier molecular flexibility index (Phi) is 6.18. The summed E-state index contributed by atoms with van der Waals surface area (Å²) in [5.74, 6) is 0.116. The molecule has 2 aromatic carbocycles. The van der Waals surface area contributed by atoms with Gasteiger partial charge in [-0.05, 0) is 86.1 Å². The number of hydrogen-bond donors (Lipinski definition) is 2. The summed E-state index contributed by atoms with van der Waals surface area (Å²) in [6, 6.07) is 14.1. The van der Waals surface area contributed by atoms with Crippen LogP contribution >= 0.6 is 11.6 Å². The highest BCUT2D eigenvalue weighted by molar-refractivity contribution is 6.30. The van der Waals surface area contributed by atoms with Crippen molar-refractivity contribution in [3.05, 3.63) is 76.7 Å². The molecule has 3 aromatic rings. The topological polar surface area (TPSA) is 54.0 Å². The standard InChI is InChI=1S/C24H25ClFN3O/c1-15(16-2-6-18(25)7-3-16)28-24(30)29-20-9-4-17(5-10-20)21-12-13-27-23-11-8-19(26)14-22(21)23/h2-3,6-8,11-15,17,20H,4-5,9-10H2,1H3,(H2,28,29,30)/t15-,17?,20?/m0/s1. The average molecular weight is 426 g/mol. The van der Waals surface area contributed by atoms with Gasteiger partial charge in [-0.2, -0.15) is 0 Å². The third kappa shape index (κ3) is 4.73. The SMILES string of the molecule is C[C@H](NC(=O)NC1CCC(c2ccnc3ccc(F)cc23)CC1)c1ccc(Cl)cc1. The van der Waals surface area contributed by atoms with E-state index in [2.05, 4.69) is 15.6 Å². The molecule has 1 aliphatic rings. The first-order chi connectivity index (χ1) is 14.5. The van der Waals surface area contributed by atoms with E-state index in [1.54, 1.807) is 18.3 Å². The van der Waals surface area contributed by atoms with Crippen molar-refractivity contribution in [1.29, 1.82) is 0 Å². The Morgan fingerprint density at radius 1 is 1.10 bits per heavy atom. The fourth-order valence-electron chi connectivity index (χ4n) is 4.30. The van der Waals surface area contributed by atoms with E-state index in [1.807, 2.05) is 37.3 Å². The minimum atomic E-state index is -0.237. The molecule has 6 heteroatoms. The molecule has 0 aliphatic heterocycles. The largest absolute Gasteiger partial charge is 0.335 e. The number of aromatic nitrogens is 1. The average Bonchev–Trinajstić information content (AvgIpc) is 2.74. The zero-order valence-corrected chi connectivity index (χ0v) is 17.6. The van der Waals surface area contributed by atoms with Crippen molar-refractivity contribution in [1.82, 2.24) is 15.6 Å². The van der Waals surface area contributed by atoms with Crippen molar-refractivity contribution >= 4 is 28.5 Å². The monoisotopic (exact) mass is 425 g/mol. The number of amides is 2. The van der Waals surface area contributed by atoms with Gasteiger partial charge in [0.15, 0.2) is 0 Å². The van der Waals surface area contributed by atoms with Crippen LogP contribution in [0.2, 0.25) is 5.02 Å². The maximum atomic E-state index is 13.7. The number of rotatable bonds is 4. The number of pyridine rings is 1. The van der Waals surface area contributed by atoms with Crippen molar-refractivity contribution in [3.8, 4) is 0 Å². The van der Waals surface area contributed by atoms with Gasteiger partial charge in [0, 0.05) is 22.6 Å². The maximum Gasteiger partial charge on any atom is 0.315 e. The summed E-state index contributed by atoms with van der Waals surface area (Å²) >= 11 is 5.93. The van der Waals surface area contributed by atoms with Crippen molar-refractivity contribution in [3.63, 3.8) is 0 Å². The van der Waals surface area contributed by atoms with E-state index < -0.39 is 0 Å². The molecule has 156 valence electrons. The molecule has 1 aliphatic carbocycles. The lowest BCUT2D eigenvalue weighted by atomic mass is 9.80. The predicted octanol–water partition coefficient (Wildman–Crippen LogP) is 6.11. The van der Waals surface area contributed by atoms with Crippen molar-refractivity contribution in [2.24, 2.45) is 0 Å². The van der Waals surface area contributed by atoms with E-state index in [0.29, 0.717) is 10.9 Å². The molecule has 1 heterocycles. The third-order valence-electron chi connectivity index (χ3n) is 5.96.